The zero-order valence-electron chi connectivity index (χ0n) is 16.1. The summed E-state index contributed by atoms with van der Waals surface area (Å²) in [7, 11) is 1.64. The molecule has 0 heterocycles. The molecule has 0 radical (unpaired) electrons. The van der Waals surface area contributed by atoms with Gasteiger partial charge >= 0.3 is 0 Å². The summed E-state index contributed by atoms with van der Waals surface area (Å²) in [5.41, 5.74) is 2.25. The van der Waals surface area contributed by atoms with Crippen molar-refractivity contribution in [3.63, 3.8) is 0 Å². The summed E-state index contributed by atoms with van der Waals surface area (Å²) in [5, 5.41) is 2.92. The van der Waals surface area contributed by atoms with Crippen molar-refractivity contribution < 1.29 is 14.3 Å². The van der Waals surface area contributed by atoms with Crippen LogP contribution in [0.25, 0.3) is 0 Å². The van der Waals surface area contributed by atoms with Crippen LogP contribution in [0.5, 0.6) is 5.75 Å². The van der Waals surface area contributed by atoms with Gasteiger partial charge in [0, 0.05) is 33.0 Å². The second-order valence-electron chi connectivity index (χ2n) is 6.40. The average Bonchev–Trinajstić information content (AvgIpc) is 2.68. The van der Waals surface area contributed by atoms with Crippen molar-refractivity contribution in [3.05, 3.63) is 65.7 Å². The Morgan fingerprint density at radius 2 is 1.67 bits per heavy atom. The van der Waals surface area contributed by atoms with Crippen LogP contribution in [0.15, 0.2) is 54.6 Å². The molecule has 0 atom stereocenters. The summed E-state index contributed by atoms with van der Waals surface area (Å²) in [6, 6.07) is 17.8. The molecule has 0 aliphatic heterocycles. The Hall–Kier alpha value is -2.82. The number of rotatable bonds is 10. The van der Waals surface area contributed by atoms with Gasteiger partial charge in [-0.1, -0.05) is 48.5 Å². The number of ether oxygens (including phenoxy) is 1. The minimum absolute atomic E-state index is 0.0259. The van der Waals surface area contributed by atoms with Gasteiger partial charge in [-0.3, -0.25) is 9.59 Å². The molecule has 2 aromatic rings. The maximum Gasteiger partial charge on any atom is 0.221 e. The summed E-state index contributed by atoms with van der Waals surface area (Å²) >= 11 is 0. The predicted octanol–water partition coefficient (Wildman–Crippen LogP) is 2.84. The number of carbonyl (C=O) groups is 2. The molecule has 5 heteroatoms. The number of para-hydroxylation sites is 1. The molecule has 0 bridgehead atoms. The lowest BCUT2D eigenvalue weighted by molar-refractivity contribution is -0.129. The molecule has 2 amide bonds. The van der Waals surface area contributed by atoms with E-state index in [4.69, 9.17) is 4.74 Å². The van der Waals surface area contributed by atoms with E-state index in [1.165, 1.54) is 12.5 Å². The minimum atomic E-state index is -0.0329. The molecule has 0 unspecified atom stereocenters. The monoisotopic (exact) mass is 368 g/mol. The second-order valence-corrected chi connectivity index (χ2v) is 6.40. The molecule has 5 nitrogen and oxygen atoms in total. The number of methoxy groups -OCH3 is 1. The molecule has 27 heavy (non-hydrogen) atoms. The highest BCUT2D eigenvalue weighted by atomic mass is 16.5. The Labute approximate surface area is 161 Å². The van der Waals surface area contributed by atoms with Gasteiger partial charge in [-0.25, -0.2) is 0 Å². The van der Waals surface area contributed by atoms with Gasteiger partial charge in [0.25, 0.3) is 0 Å². The first kappa shape index (κ1) is 20.5. The number of hydrogen-bond donors (Lipinski definition) is 1. The van der Waals surface area contributed by atoms with Crippen molar-refractivity contribution in [1.29, 1.82) is 0 Å². The van der Waals surface area contributed by atoms with E-state index in [2.05, 4.69) is 5.32 Å². The average molecular weight is 368 g/mol. The van der Waals surface area contributed by atoms with Gasteiger partial charge < -0.3 is 15.0 Å². The van der Waals surface area contributed by atoms with E-state index < -0.39 is 0 Å². The smallest absolute Gasteiger partial charge is 0.221 e. The lowest BCUT2D eigenvalue weighted by Crippen LogP contribution is -2.35. The van der Waals surface area contributed by atoms with Crippen LogP contribution in [-0.4, -0.2) is 43.5 Å². The van der Waals surface area contributed by atoms with Crippen LogP contribution in [0.2, 0.25) is 0 Å². The lowest BCUT2D eigenvalue weighted by atomic mass is 10.1. The standard InChI is InChI=1S/C22H28N2O3/c1-18(25)24(16-13-20-10-6-7-11-21(20)27-2)17-14-22(26)23-15-12-19-8-4-3-5-9-19/h3-11H,12-17H2,1-2H3,(H,23,26). The molecule has 0 saturated heterocycles. The van der Waals surface area contributed by atoms with Gasteiger partial charge in [0.15, 0.2) is 0 Å². The van der Waals surface area contributed by atoms with Crippen LogP contribution >= 0.6 is 0 Å². The van der Waals surface area contributed by atoms with Crippen molar-refractivity contribution in [2.45, 2.75) is 26.2 Å². The maximum absolute atomic E-state index is 12.1. The van der Waals surface area contributed by atoms with Crippen molar-refractivity contribution in [2.75, 3.05) is 26.7 Å². The Bertz CT molecular complexity index is 731. The van der Waals surface area contributed by atoms with Crippen molar-refractivity contribution in [3.8, 4) is 5.75 Å². The number of benzene rings is 2. The second kappa shape index (κ2) is 11.0. The molecule has 0 fully saturated rings. The third kappa shape index (κ3) is 7.13. The van der Waals surface area contributed by atoms with E-state index in [-0.39, 0.29) is 11.8 Å². The molecule has 0 spiro atoms. The van der Waals surface area contributed by atoms with E-state index in [0.29, 0.717) is 32.5 Å². The van der Waals surface area contributed by atoms with E-state index >= 15 is 0 Å². The van der Waals surface area contributed by atoms with Crippen LogP contribution < -0.4 is 10.1 Å². The largest absolute Gasteiger partial charge is 0.496 e. The molecular formula is C22H28N2O3. The van der Waals surface area contributed by atoms with Crippen LogP contribution in [-0.2, 0) is 22.4 Å². The van der Waals surface area contributed by atoms with Crippen LogP contribution in [0.3, 0.4) is 0 Å². The SMILES string of the molecule is COc1ccccc1CCN(CCC(=O)NCCc1ccccc1)C(C)=O. The maximum atomic E-state index is 12.1. The Balaban J connectivity index is 1.75. The van der Waals surface area contributed by atoms with E-state index in [1.54, 1.807) is 12.0 Å². The first-order valence-electron chi connectivity index (χ1n) is 9.28. The summed E-state index contributed by atoms with van der Waals surface area (Å²) in [6.45, 7) is 3.12. The Morgan fingerprint density at radius 3 is 2.37 bits per heavy atom. The number of carbonyl (C=O) groups excluding carboxylic acids is 2. The lowest BCUT2D eigenvalue weighted by Gasteiger charge is -2.21. The first-order chi connectivity index (χ1) is 13.1. The van der Waals surface area contributed by atoms with Gasteiger partial charge in [-0.15, -0.1) is 0 Å². The van der Waals surface area contributed by atoms with Crippen molar-refractivity contribution in [1.82, 2.24) is 10.2 Å². The molecule has 0 saturated carbocycles. The highest BCUT2D eigenvalue weighted by molar-refractivity contribution is 5.78. The van der Waals surface area contributed by atoms with Gasteiger partial charge in [0.2, 0.25) is 11.8 Å². The summed E-state index contributed by atoms with van der Waals surface area (Å²) < 4.78 is 5.35. The molecule has 0 aliphatic rings. The molecule has 0 aromatic heterocycles. The number of hydrogen-bond acceptors (Lipinski definition) is 3. The van der Waals surface area contributed by atoms with Gasteiger partial charge in [-0.2, -0.15) is 0 Å². The molecule has 1 N–H and O–H groups in total. The van der Waals surface area contributed by atoms with Gasteiger partial charge in [0.05, 0.1) is 7.11 Å². The van der Waals surface area contributed by atoms with Crippen LogP contribution in [0.1, 0.15) is 24.5 Å². The first-order valence-corrected chi connectivity index (χ1v) is 9.28. The Kier molecular flexibility index (Phi) is 8.36. The fraction of sp³-hybridized carbons (Fsp3) is 0.364. The fourth-order valence-corrected chi connectivity index (χ4v) is 2.91. The normalized spacial score (nSPS) is 10.3. The minimum Gasteiger partial charge on any atom is -0.496 e. The molecule has 0 aliphatic carbocycles. The third-order valence-electron chi connectivity index (χ3n) is 4.48. The van der Waals surface area contributed by atoms with Crippen molar-refractivity contribution >= 4 is 11.8 Å². The quantitative estimate of drug-likeness (QED) is 0.702. The third-order valence-corrected chi connectivity index (χ3v) is 4.48. The highest BCUT2D eigenvalue weighted by Gasteiger charge is 2.12. The van der Waals surface area contributed by atoms with Crippen LogP contribution in [0.4, 0.5) is 0 Å². The zero-order valence-corrected chi connectivity index (χ0v) is 16.1. The van der Waals surface area contributed by atoms with Crippen LogP contribution in [0, 0.1) is 0 Å². The highest BCUT2D eigenvalue weighted by Crippen LogP contribution is 2.18. The molecular weight excluding hydrogens is 340 g/mol. The summed E-state index contributed by atoms with van der Waals surface area (Å²) in [4.78, 5) is 25.7. The molecule has 144 valence electrons. The van der Waals surface area contributed by atoms with E-state index in [1.807, 2.05) is 54.6 Å². The summed E-state index contributed by atoms with van der Waals surface area (Å²) in [5.74, 6) is 0.760. The number of amides is 2. The number of nitrogens with zero attached hydrogens (tertiary/aromatic N) is 1. The fourth-order valence-electron chi connectivity index (χ4n) is 2.91. The van der Waals surface area contributed by atoms with Gasteiger partial charge in [-0.05, 0) is 30.0 Å². The Morgan fingerprint density at radius 1 is 0.963 bits per heavy atom. The molecule has 2 rings (SSSR count). The topological polar surface area (TPSA) is 58.6 Å². The number of nitrogens with one attached hydrogen (secondary N) is 1. The van der Waals surface area contributed by atoms with E-state index in [0.717, 1.165) is 17.7 Å². The molecule has 2 aromatic carbocycles. The van der Waals surface area contributed by atoms with E-state index in [9.17, 15) is 9.59 Å². The zero-order chi connectivity index (χ0) is 19.5. The predicted molar refractivity (Wildman–Crippen MR) is 107 cm³/mol. The summed E-state index contributed by atoms with van der Waals surface area (Å²) in [6.07, 6.45) is 1.80. The van der Waals surface area contributed by atoms with Gasteiger partial charge in [0.1, 0.15) is 5.75 Å². The van der Waals surface area contributed by atoms with Crippen molar-refractivity contribution in [2.24, 2.45) is 0 Å².